The number of aromatic amines is 1. The molecule has 0 saturated heterocycles. The second-order valence-corrected chi connectivity index (χ2v) is 6.21. The van der Waals surface area contributed by atoms with Crippen molar-refractivity contribution in [2.24, 2.45) is 4.99 Å². The Morgan fingerprint density at radius 2 is 1.92 bits per heavy atom. The highest BCUT2D eigenvalue weighted by atomic mass is 32.1. The van der Waals surface area contributed by atoms with Crippen molar-refractivity contribution in [2.45, 2.75) is 6.54 Å². The van der Waals surface area contributed by atoms with Gasteiger partial charge in [0.15, 0.2) is 10.5 Å². The van der Waals surface area contributed by atoms with E-state index in [0.717, 1.165) is 16.5 Å². The molecule has 0 bridgehead atoms. The topological polar surface area (TPSA) is 63.0 Å². The van der Waals surface area contributed by atoms with Crippen molar-refractivity contribution in [1.82, 2.24) is 14.8 Å². The fraction of sp³-hybridized carbons (Fsp3) is 0.0556. The molecule has 0 aliphatic rings. The maximum atomic E-state index is 12.5. The number of hydrogen-bond acceptors (Lipinski definition) is 3. The van der Waals surface area contributed by atoms with Crippen molar-refractivity contribution in [3.8, 4) is 0 Å². The molecular weight excluding hydrogens is 320 g/mol. The van der Waals surface area contributed by atoms with E-state index in [4.69, 9.17) is 0 Å². The molecule has 1 amide bonds. The third-order valence-electron chi connectivity index (χ3n) is 3.73. The van der Waals surface area contributed by atoms with Crippen molar-refractivity contribution in [3.63, 3.8) is 0 Å². The van der Waals surface area contributed by atoms with Crippen LogP contribution in [0.15, 0.2) is 71.2 Å². The monoisotopic (exact) mass is 334 g/mol. The predicted octanol–water partition coefficient (Wildman–Crippen LogP) is 3.22. The van der Waals surface area contributed by atoms with Crippen LogP contribution in [0.3, 0.4) is 0 Å². The molecule has 0 spiro atoms. The number of nitrogens with zero attached hydrogens (tertiary/aromatic N) is 3. The van der Waals surface area contributed by atoms with Gasteiger partial charge in [-0.25, -0.2) is 0 Å². The minimum Gasteiger partial charge on any atom is -0.319 e. The first-order valence-electron chi connectivity index (χ1n) is 7.51. The smallest absolute Gasteiger partial charge is 0.300 e. The Kier molecular flexibility index (Phi) is 3.80. The number of amides is 1. The van der Waals surface area contributed by atoms with Crippen molar-refractivity contribution < 1.29 is 4.79 Å². The Bertz CT molecular complexity index is 1060. The summed E-state index contributed by atoms with van der Waals surface area (Å²) in [7, 11) is 0. The SMILES string of the molecule is O=C(N=c1sccn1Cc1ccccc1)c1n[nH]c2ccccc12. The number of rotatable bonds is 3. The number of aromatic nitrogens is 3. The molecule has 4 rings (SSSR count). The summed E-state index contributed by atoms with van der Waals surface area (Å²) >= 11 is 1.44. The number of thiazole rings is 1. The zero-order valence-corrected chi connectivity index (χ0v) is 13.5. The zero-order chi connectivity index (χ0) is 16.4. The lowest BCUT2D eigenvalue weighted by Crippen LogP contribution is -2.17. The van der Waals surface area contributed by atoms with Crippen LogP contribution in [-0.4, -0.2) is 20.7 Å². The fourth-order valence-corrected chi connectivity index (χ4v) is 3.28. The van der Waals surface area contributed by atoms with Crippen LogP contribution in [0, 0.1) is 0 Å². The highest BCUT2D eigenvalue weighted by Gasteiger charge is 2.13. The van der Waals surface area contributed by atoms with Gasteiger partial charge in [0, 0.05) is 23.5 Å². The van der Waals surface area contributed by atoms with E-state index in [9.17, 15) is 4.79 Å². The van der Waals surface area contributed by atoms with Gasteiger partial charge in [-0.3, -0.25) is 9.89 Å². The number of nitrogens with one attached hydrogen (secondary N) is 1. The molecule has 0 unspecified atom stereocenters. The number of hydrogen-bond donors (Lipinski definition) is 1. The molecule has 2 aromatic heterocycles. The van der Waals surface area contributed by atoms with Gasteiger partial charge in [-0.05, 0) is 11.6 Å². The summed E-state index contributed by atoms with van der Waals surface area (Å²) in [6.45, 7) is 0.678. The molecule has 0 aliphatic carbocycles. The first-order chi connectivity index (χ1) is 11.8. The molecule has 2 heterocycles. The predicted molar refractivity (Wildman–Crippen MR) is 93.8 cm³/mol. The molecule has 0 saturated carbocycles. The Labute approximate surface area is 141 Å². The van der Waals surface area contributed by atoms with Gasteiger partial charge in [0.2, 0.25) is 0 Å². The van der Waals surface area contributed by atoms with E-state index in [0.29, 0.717) is 17.0 Å². The van der Waals surface area contributed by atoms with E-state index in [-0.39, 0.29) is 5.91 Å². The van der Waals surface area contributed by atoms with Crippen LogP contribution in [-0.2, 0) is 6.54 Å². The van der Waals surface area contributed by atoms with E-state index in [2.05, 4.69) is 27.3 Å². The van der Waals surface area contributed by atoms with Crippen LogP contribution in [0.4, 0.5) is 0 Å². The molecule has 0 fully saturated rings. The lowest BCUT2D eigenvalue weighted by Gasteiger charge is -2.02. The highest BCUT2D eigenvalue weighted by molar-refractivity contribution is 7.07. The molecule has 118 valence electrons. The van der Waals surface area contributed by atoms with Gasteiger partial charge >= 0.3 is 5.91 Å². The quantitative estimate of drug-likeness (QED) is 0.625. The number of carbonyl (C=O) groups is 1. The van der Waals surface area contributed by atoms with Crippen LogP contribution in [0.25, 0.3) is 10.9 Å². The summed E-state index contributed by atoms with van der Waals surface area (Å²) in [4.78, 5) is 17.5. The Balaban J connectivity index is 1.69. The van der Waals surface area contributed by atoms with Crippen LogP contribution in [0.5, 0.6) is 0 Å². The zero-order valence-electron chi connectivity index (χ0n) is 12.7. The van der Waals surface area contributed by atoms with E-state index in [1.165, 1.54) is 11.3 Å². The maximum absolute atomic E-state index is 12.5. The average Bonchev–Trinajstić information content (AvgIpc) is 3.23. The molecule has 2 aromatic carbocycles. The summed E-state index contributed by atoms with van der Waals surface area (Å²) in [6.07, 6.45) is 1.94. The van der Waals surface area contributed by atoms with Gasteiger partial charge in [0.25, 0.3) is 0 Å². The van der Waals surface area contributed by atoms with Crippen LogP contribution in [0.1, 0.15) is 16.1 Å². The molecule has 6 heteroatoms. The minimum absolute atomic E-state index is 0.336. The number of H-pyrrole nitrogens is 1. The van der Waals surface area contributed by atoms with E-state index >= 15 is 0 Å². The van der Waals surface area contributed by atoms with Gasteiger partial charge in [-0.15, -0.1) is 11.3 Å². The van der Waals surface area contributed by atoms with E-state index in [1.54, 1.807) is 0 Å². The first-order valence-corrected chi connectivity index (χ1v) is 8.39. The summed E-state index contributed by atoms with van der Waals surface area (Å²) in [5.41, 5.74) is 2.35. The van der Waals surface area contributed by atoms with E-state index < -0.39 is 0 Å². The molecule has 0 radical (unpaired) electrons. The molecule has 5 nitrogen and oxygen atoms in total. The van der Waals surface area contributed by atoms with E-state index in [1.807, 2.05) is 58.6 Å². The lowest BCUT2D eigenvalue weighted by molar-refractivity contribution is 0.0994. The minimum atomic E-state index is -0.336. The molecule has 0 aliphatic heterocycles. The average molecular weight is 334 g/mol. The lowest BCUT2D eigenvalue weighted by atomic mass is 10.2. The van der Waals surface area contributed by atoms with Gasteiger partial charge in [-0.1, -0.05) is 48.5 Å². The third-order valence-corrected chi connectivity index (χ3v) is 4.52. The van der Waals surface area contributed by atoms with Crippen molar-refractivity contribution in [1.29, 1.82) is 0 Å². The van der Waals surface area contributed by atoms with Crippen LogP contribution < -0.4 is 4.80 Å². The normalized spacial score (nSPS) is 11.9. The highest BCUT2D eigenvalue weighted by Crippen LogP contribution is 2.15. The molecular formula is C18H14N4OS. The Morgan fingerprint density at radius 3 is 2.79 bits per heavy atom. The van der Waals surface area contributed by atoms with Crippen molar-refractivity contribution in [2.75, 3.05) is 0 Å². The third kappa shape index (κ3) is 2.79. The molecule has 4 aromatic rings. The summed E-state index contributed by atoms with van der Waals surface area (Å²) < 4.78 is 1.97. The fourth-order valence-electron chi connectivity index (χ4n) is 2.55. The van der Waals surface area contributed by atoms with Gasteiger partial charge in [0.1, 0.15) is 0 Å². The molecule has 24 heavy (non-hydrogen) atoms. The van der Waals surface area contributed by atoms with Crippen molar-refractivity contribution >= 4 is 28.1 Å². The standard InChI is InChI=1S/C18H14N4OS/c23-17(16-14-8-4-5-9-15(14)20-21-16)19-18-22(10-11-24-18)12-13-6-2-1-3-7-13/h1-11H,12H2,(H,20,21). The number of fused-ring (bicyclic) bond motifs is 1. The van der Waals surface area contributed by atoms with Crippen LogP contribution in [0.2, 0.25) is 0 Å². The van der Waals surface area contributed by atoms with Gasteiger partial charge in [-0.2, -0.15) is 10.1 Å². The Morgan fingerprint density at radius 1 is 1.12 bits per heavy atom. The molecule has 1 N–H and O–H groups in total. The number of para-hydroxylation sites is 1. The molecule has 0 atom stereocenters. The Hall–Kier alpha value is -2.99. The number of carbonyl (C=O) groups excluding carboxylic acids is 1. The second kappa shape index (κ2) is 6.25. The van der Waals surface area contributed by atoms with Crippen LogP contribution >= 0.6 is 11.3 Å². The first kappa shape index (κ1) is 14.6. The summed E-state index contributed by atoms with van der Waals surface area (Å²) in [5.74, 6) is -0.336. The second-order valence-electron chi connectivity index (χ2n) is 5.33. The van der Waals surface area contributed by atoms with Crippen molar-refractivity contribution in [3.05, 3.63) is 82.2 Å². The van der Waals surface area contributed by atoms with Gasteiger partial charge in [0.05, 0.1) is 5.52 Å². The van der Waals surface area contributed by atoms with Gasteiger partial charge < -0.3 is 4.57 Å². The maximum Gasteiger partial charge on any atom is 0.300 e. The number of benzene rings is 2. The summed E-state index contributed by atoms with van der Waals surface area (Å²) in [5, 5.41) is 9.70. The largest absolute Gasteiger partial charge is 0.319 e. The summed E-state index contributed by atoms with van der Waals surface area (Å²) in [6, 6.07) is 17.6.